The Morgan fingerprint density at radius 2 is 2.22 bits per heavy atom. The lowest BCUT2D eigenvalue weighted by atomic mass is 9.97. The van der Waals surface area contributed by atoms with Crippen molar-refractivity contribution in [2.24, 2.45) is 5.92 Å². The highest BCUT2D eigenvalue weighted by atomic mass is 79.9. The van der Waals surface area contributed by atoms with Crippen molar-refractivity contribution in [3.8, 4) is 0 Å². The molecule has 6 heteroatoms. The lowest BCUT2D eigenvalue weighted by Crippen LogP contribution is -2.42. The molecule has 1 aliphatic rings. The second kappa shape index (κ2) is 7.99. The van der Waals surface area contributed by atoms with E-state index in [2.05, 4.69) is 33.0 Å². The van der Waals surface area contributed by atoms with Gasteiger partial charge >= 0.3 is 6.09 Å². The van der Waals surface area contributed by atoms with Gasteiger partial charge in [-0.25, -0.2) is 4.79 Å². The Kier molecular flexibility index (Phi) is 6.51. The molecule has 1 saturated heterocycles. The minimum absolute atomic E-state index is 0.225. The Morgan fingerprint density at radius 1 is 1.48 bits per heavy atom. The topological polar surface area (TPSA) is 32.8 Å². The molecule has 130 valence electrons. The van der Waals surface area contributed by atoms with Crippen molar-refractivity contribution in [2.45, 2.75) is 45.8 Å². The van der Waals surface area contributed by atoms with Gasteiger partial charge in [0.05, 0.1) is 3.79 Å². The Morgan fingerprint density at radius 3 is 2.83 bits per heavy atom. The molecule has 1 aromatic heterocycles. The van der Waals surface area contributed by atoms with Gasteiger partial charge in [-0.2, -0.15) is 0 Å². The third kappa shape index (κ3) is 6.43. The maximum atomic E-state index is 12.1. The van der Waals surface area contributed by atoms with Crippen LogP contribution in [-0.2, 0) is 11.3 Å². The van der Waals surface area contributed by atoms with Crippen LogP contribution in [0.25, 0.3) is 0 Å². The summed E-state index contributed by atoms with van der Waals surface area (Å²) in [5.74, 6) is 0.518. The number of carbonyl (C=O) groups excluding carboxylic acids is 1. The van der Waals surface area contributed by atoms with E-state index in [9.17, 15) is 4.79 Å². The number of thiophene rings is 1. The average Bonchev–Trinajstić information content (AvgIpc) is 2.82. The lowest BCUT2D eigenvalue weighted by molar-refractivity contribution is 0.0242. The van der Waals surface area contributed by atoms with E-state index >= 15 is 0 Å². The van der Waals surface area contributed by atoms with Crippen molar-refractivity contribution < 1.29 is 9.53 Å². The van der Waals surface area contributed by atoms with Gasteiger partial charge in [0.2, 0.25) is 0 Å². The molecule has 1 amide bonds. The zero-order chi connectivity index (χ0) is 17.0. The summed E-state index contributed by atoms with van der Waals surface area (Å²) in [5, 5.41) is 0. The smallest absolute Gasteiger partial charge is 0.410 e. The molecule has 1 aliphatic heterocycles. The summed E-state index contributed by atoms with van der Waals surface area (Å²) < 4.78 is 6.62. The Bertz CT molecular complexity index is 527. The van der Waals surface area contributed by atoms with Crippen LogP contribution in [-0.4, -0.2) is 48.2 Å². The number of carbonyl (C=O) groups is 1. The average molecular weight is 403 g/mol. The van der Waals surface area contributed by atoms with Crippen molar-refractivity contribution in [1.82, 2.24) is 9.80 Å². The van der Waals surface area contributed by atoms with Gasteiger partial charge in [0.15, 0.2) is 0 Å². The van der Waals surface area contributed by atoms with Gasteiger partial charge in [-0.05, 0) is 74.1 Å². The predicted octanol–water partition coefficient (Wildman–Crippen LogP) is 4.59. The van der Waals surface area contributed by atoms with Crippen LogP contribution in [0.5, 0.6) is 0 Å². The first-order valence-corrected chi connectivity index (χ1v) is 9.74. The maximum Gasteiger partial charge on any atom is 0.410 e. The van der Waals surface area contributed by atoms with Crippen molar-refractivity contribution in [3.63, 3.8) is 0 Å². The summed E-state index contributed by atoms with van der Waals surface area (Å²) in [6.45, 7) is 9.66. The molecule has 23 heavy (non-hydrogen) atoms. The van der Waals surface area contributed by atoms with E-state index < -0.39 is 5.60 Å². The first-order chi connectivity index (χ1) is 10.7. The van der Waals surface area contributed by atoms with E-state index in [4.69, 9.17) is 4.74 Å². The molecule has 0 N–H and O–H groups in total. The summed E-state index contributed by atoms with van der Waals surface area (Å²) >= 11 is 5.32. The number of likely N-dealkylation sites (tertiary alicyclic amines) is 1. The second-order valence-corrected chi connectivity index (χ2v) is 9.86. The monoisotopic (exact) mass is 402 g/mol. The van der Waals surface area contributed by atoms with Crippen LogP contribution >= 0.6 is 27.3 Å². The molecule has 4 nitrogen and oxygen atoms in total. The molecule has 1 aromatic rings. The fourth-order valence-corrected chi connectivity index (χ4v) is 4.43. The second-order valence-electron chi connectivity index (χ2n) is 7.31. The number of hydrogen-bond donors (Lipinski definition) is 0. The first kappa shape index (κ1) is 18.7. The molecule has 2 rings (SSSR count). The van der Waals surface area contributed by atoms with E-state index in [1.54, 1.807) is 16.2 Å². The van der Waals surface area contributed by atoms with Crippen molar-refractivity contribution in [3.05, 3.63) is 20.8 Å². The molecule has 0 radical (unpaired) electrons. The van der Waals surface area contributed by atoms with E-state index in [1.165, 1.54) is 21.5 Å². The fraction of sp³-hybridized carbons (Fsp3) is 0.706. The maximum absolute atomic E-state index is 12.1. The molecular formula is C17H27BrN2O2S. The lowest BCUT2D eigenvalue weighted by Gasteiger charge is -2.34. The highest BCUT2D eigenvalue weighted by Crippen LogP contribution is 2.26. The van der Waals surface area contributed by atoms with Crippen LogP contribution in [0.4, 0.5) is 4.79 Å². The van der Waals surface area contributed by atoms with Gasteiger partial charge in [-0.3, -0.25) is 4.90 Å². The summed E-state index contributed by atoms with van der Waals surface area (Å²) in [5.41, 5.74) is -0.434. The normalized spacial score (nSPS) is 19.6. The van der Waals surface area contributed by atoms with Gasteiger partial charge in [0.1, 0.15) is 5.60 Å². The number of piperidine rings is 1. The third-order valence-electron chi connectivity index (χ3n) is 3.85. The molecule has 0 bridgehead atoms. The highest BCUT2D eigenvalue weighted by molar-refractivity contribution is 9.11. The van der Waals surface area contributed by atoms with Crippen molar-refractivity contribution in [2.75, 3.05) is 26.7 Å². The molecule has 0 spiro atoms. The van der Waals surface area contributed by atoms with E-state index in [1.807, 2.05) is 27.8 Å². The van der Waals surface area contributed by atoms with Crippen LogP contribution in [0, 0.1) is 5.92 Å². The number of hydrogen-bond acceptors (Lipinski definition) is 4. The molecule has 0 saturated carbocycles. The first-order valence-electron chi connectivity index (χ1n) is 8.13. The van der Waals surface area contributed by atoms with Crippen LogP contribution in [0.2, 0.25) is 0 Å². The Balaban J connectivity index is 1.82. The molecule has 0 aliphatic carbocycles. The SMILES string of the molecule is CN(CC1CCCN(Cc2ccc(Br)s2)C1)C(=O)OC(C)(C)C. The minimum atomic E-state index is -0.434. The quantitative estimate of drug-likeness (QED) is 0.737. The summed E-state index contributed by atoms with van der Waals surface area (Å²) in [6.07, 6.45) is 2.15. The van der Waals surface area contributed by atoms with Gasteiger partial charge in [-0.15, -0.1) is 11.3 Å². The molecule has 1 fully saturated rings. The summed E-state index contributed by atoms with van der Waals surface area (Å²) in [6, 6.07) is 4.29. The molecular weight excluding hydrogens is 376 g/mol. The largest absolute Gasteiger partial charge is 0.444 e. The van der Waals surface area contributed by atoms with Crippen molar-refractivity contribution >= 4 is 33.4 Å². The van der Waals surface area contributed by atoms with E-state index in [0.717, 1.165) is 26.2 Å². The number of nitrogens with zero attached hydrogens (tertiary/aromatic N) is 2. The predicted molar refractivity (Wildman–Crippen MR) is 98.9 cm³/mol. The van der Waals surface area contributed by atoms with Gasteiger partial charge in [-0.1, -0.05) is 0 Å². The molecule has 1 atom stereocenters. The highest BCUT2D eigenvalue weighted by Gasteiger charge is 2.25. The van der Waals surface area contributed by atoms with Gasteiger partial charge in [0, 0.05) is 31.6 Å². The van der Waals surface area contributed by atoms with Crippen LogP contribution in [0.15, 0.2) is 15.9 Å². The summed E-state index contributed by atoms with van der Waals surface area (Å²) in [7, 11) is 1.84. The number of amides is 1. The molecule has 1 unspecified atom stereocenters. The number of ether oxygens (including phenoxy) is 1. The van der Waals surface area contributed by atoms with Crippen LogP contribution < -0.4 is 0 Å². The zero-order valence-electron chi connectivity index (χ0n) is 14.5. The standard InChI is InChI=1S/C17H27BrN2O2S/c1-17(2,3)22-16(21)19(4)10-13-6-5-9-20(11-13)12-14-7-8-15(18)23-14/h7-8,13H,5-6,9-12H2,1-4H3. The van der Waals surface area contributed by atoms with Crippen molar-refractivity contribution in [1.29, 1.82) is 0 Å². The van der Waals surface area contributed by atoms with E-state index in [-0.39, 0.29) is 6.09 Å². The number of halogens is 1. The third-order valence-corrected chi connectivity index (χ3v) is 5.46. The Hall–Kier alpha value is -0.590. The minimum Gasteiger partial charge on any atom is -0.444 e. The fourth-order valence-electron chi connectivity index (χ4n) is 2.90. The molecule has 2 heterocycles. The van der Waals surface area contributed by atoms with Gasteiger partial charge in [0.25, 0.3) is 0 Å². The number of rotatable bonds is 4. The summed E-state index contributed by atoms with van der Waals surface area (Å²) in [4.78, 5) is 17.7. The van der Waals surface area contributed by atoms with Crippen LogP contribution in [0.1, 0.15) is 38.5 Å². The zero-order valence-corrected chi connectivity index (χ0v) is 16.9. The van der Waals surface area contributed by atoms with Crippen LogP contribution in [0.3, 0.4) is 0 Å². The molecule has 0 aromatic carbocycles. The van der Waals surface area contributed by atoms with E-state index in [0.29, 0.717) is 5.92 Å². The Labute approximate surface area is 151 Å². The van der Waals surface area contributed by atoms with Gasteiger partial charge < -0.3 is 9.64 Å².